The molecule has 2 aromatic heterocycles. The van der Waals surface area contributed by atoms with Crippen molar-refractivity contribution in [2.75, 3.05) is 0 Å². The van der Waals surface area contributed by atoms with Crippen LogP contribution < -0.4 is 0 Å². The van der Waals surface area contributed by atoms with Crippen molar-refractivity contribution < 1.29 is 0 Å². The Morgan fingerprint density at radius 1 is 0.302 bits per heavy atom. The van der Waals surface area contributed by atoms with E-state index in [-0.39, 0.29) is 0 Å². The SMILES string of the molecule is c1ccc(-c2nc(-c3ccccc3)nc(-c3cc(-c4ccc(-c5ccc(-n6c7ccccc7c7ccccc76)cc5)cc4)c4ccccc4c3)n2)cc1. The highest BCUT2D eigenvalue weighted by Gasteiger charge is 2.16. The van der Waals surface area contributed by atoms with Crippen molar-refractivity contribution in [2.24, 2.45) is 0 Å². The maximum Gasteiger partial charge on any atom is 0.164 e. The number of rotatable bonds is 6. The molecule has 0 radical (unpaired) electrons. The summed E-state index contributed by atoms with van der Waals surface area (Å²) in [5.41, 5.74) is 11.0. The second-order valence-electron chi connectivity index (χ2n) is 13.3. The quantitative estimate of drug-likeness (QED) is 0.176. The van der Waals surface area contributed by atoms with Gasteiger partial charge < -0.3 is 4.57 Å². The minimum absolute atomic E-state index is 0.643. The van der Waals surface area contributed by atoms with E-state index < -0.39 is 0 Å². The molecule has 0 aliphatic rings. The number of hydrogen-bond acceptors (Lipinski definition) is 3. The minimum Gasteiger partial charge on any atom is -0.309 e. The maximum absolute atomic E-state index is 5.03. The van der Waals surface area contributed by atoms with Gasteiger partial charge in [-0.3, -0.25) is 0 Å². The van der Waals surface area contributed by atoms with Gasteiger partial charge in [0.2, 0.25) is 0 Å². The van der Waals surface area contributed by atoms with E-state index in [1.165, 1.54) is 38.3 Å². The van der Waals surface area contributed by atoms with E-state index >= 15 is 0 Å². The molecule has 0 saturated heterocycles. The van der Waals surface area contributed by atoms with Gasteiger partial charge in [-0.2, -0.15) is 0 Å². The van der Waals surface area contributed by atoms with Gasteiger partial charge in [0.1, 0.15) is 0 Å². The third-order valence-corrected chi connectivity index (χ3v) is 10.1. The Morgan fingerprint density at radius 3 is 1.30 bits per heavy atom. The Kier molecular flexibility index (Phi) is 7.43. The Bertz CT molecular complexity index is 2800. The van der Waals surface area contributed by atoms with Crippen molar-refractivity contribution >= 4 is 32.6 Å². The van der Waals surface area contributed by atoms with Gasteiger partial charge in [-0.1, -0.05) is 158 Å². The number of aromatic nitrogens is 4. The first-order valence-electron chi connectivity index (χ1n) is 17.9. The van der Waals surface area contributed by atoms with E-state index in [0.29, 0.717) is 17.5 Å². The first-order chi connectivity index (χ1) is 26.3. The van der Waals surface area contributed by atoms with Gasteiger partial charge in [0.15, 0.2) is 17.5 Å². The lowest BCUT2D eigenvalue weighted by Gasteiger charge is -2.13. The van der Waals surface area contributed by atoms with Gasteiger partial charge in [0.05, 0.1) is 11.0 Å². The van der Waals surface area contributed by atoms with E-state index in [0.717, 1.165) is 38.9 Å². The molecule has 10 rings (SSSR count). The molecule has 0 fully saturated rings. The molecule has 0 amide bonds. The van der Waals surface area contributed by atoms with Crippen molar-refractivity contribution in [1.29, 1.82) is 0 Å². The zero-order valence-corrected chi connectivity index (χ0v) is 28.8. The van der Waals surface area contributed by atoms with Crippen LogP contribution in [0, 0.1) is 0 Å². The minimum atomic E-state index is 0.643. The van der Waals surface area contributed by atoms with Gasteiger partial charge in [0.25, 0.3) is 0 Å². The molecule has 4 heteroatoms. The average molecular weight is 677 g/mol. The van der Waals surface area contributed by atoms with Crippen LogP contribution in [0.3, 0.4) is 0 Å². The molecule has 0 aliphatic carbocycles. The monoisotopic (exact) mass is 676 g/mol. The lowest BCUT2D eigenvalue weighted by atomic mass is 9.94. The van der Waals surface area contributed by atoms with E-state index in [1.54, 1.807) is 0 Å². The van der Waals surface area contributed by atoms with Crippen LogP contribution in [-0.2, 0) is 0 Å². The van der Waals surface area contributed by atoms with E-state index in [4.69, 9.17) is 15.0 Å². The molecule has 0 spiro atoms. The molecule has 0 N–H and O–H groups in total. The molecule has 248 valence electrons. The fourth-order valence-corrected chi connectivity index (χ4v) is 7.46. The number of hydrogen-bond donors (Lipinski definition) is 0. The summed E-state index contributed by atoms with van der Waals surface area (Å²) in [6.45, 7) is 0. The zero-order valence-electron chi connectivity index (χ0n) is 28.8. The Hall–Kier alpha value is -7.17. The van der Waals surface area contributed by atoms with Gasteiger partial charge in [0, 0.05) is 33.2 Å². The highest BCUT2D eigenvalue weighted by Crippen LogP contribution is 2.36. The largest absolute Gasteiger partial charge is 0.309 e. The van der Waals surface area contributed by atoms with Crippen LogP contribution in [0.1, 0.15) is 0 Å². The maximum atomic E-state index is 5.03. The summed E-state index contributed by atoms with van der Waals surface area (Å²) in [6, 6.07) is 68.2. The van der Waals surface area contributed by atoms with Gasteiger partial charge >= 0.3 is 0 Å². The van der Waals surface area contributed by atoms with Crippen LogP contribution in [0.4, 0.5) is 0 Å². The summed E-state index contributed by atoms with van der Waals surface area (Å²) < 4.78 is 2.35. The molecule has 0 aliphatic heterocycles. The van der Waals surface area contributed by atoms with Crippen LogP contribution in [0.25, 0.3) is 94.7 Å². The smallest absolute Gasteiger partial charge is 0.164 e. The summed E-state index contributed by atoms with van der Waals surface area (Å²) in [5, 5.41) is 4.85. The molecule has 4 nitrogen and oxygen atoms in total. The Balaban J connectivity index is 1.03. The van der Waals surface area contributed by atoms with E-state index in [2.05, 4.69) is 138 Å². The second-order valence-corrected chi connectivity index (χ2v) is 13.3. The molecule has 0 saturated carbocycles. The number of nitrogens with zero attached hydrogens (tertiary/aromatic N) is 4. The summed E-state index contributed by atoms with van der Waals surface area (Å²) in [7, 11) is 0. The van der Waals surface area contributed by atoms with Gasteiger partial charge in [-0.05, 0) is 69.4 Å². The number of fused-ring (bicyclic) bond motifs is 4. The predicted molar refractivity (Wildman–Crippen MR) is 219 cm³/mol. The number of para-hydroxylation sites is 2. The zero-order chi connectivity index (χ0) is 35.1. The standard InChI is InChI=1S/C49H32N4/c1-3-13-36(14-4-1)47-50-48(37-15-5-2-6-16-37)52-49(51-47)39-31-38-17-7-8-18-41(38)44(32-39)35-25-23-33(24-26-35)34-27-29-40(30-28-34)53-45-21-11-9-19-42(45)43-20-10-12-22-46(43)53/h1-32H. The van der Waals surface area contributed by atoms with Crippen molar-refractivity contribution in [3.8, 4) is 62.1 Å². The number of benzene rings is 8. The topological polar surface area (TPSA) is 43.6 Å². The molecule has 0 bridgehead atoms. The highest BCUT2D eigenvalue weighted by atomic mass is 15.0. The van der Waals surface area contributed by atoms with Gasteiger partial charge in [-0.15, -0.1) is 0 Å². The Labute approximate surface area is 307 Å². The average Bonchev–Trinajstić information content (AvgIpc) is 3.58. The molecule has 2 heterocycles. The first kappa shape index (κ1) is 30.6. The van der Waals surface area contributed by atoms with Gasteiger partial charge in [-0.25, -0.2) is 15.0 Å². The summed E-state index contributed by atoms with van der Waals surface area (Å²) in [6.07, 6.45) is 0. The molecule has 10 aromatic rings. The summed E-state index contributed by atoms with van der Waals surface area (Å²) >= 11 is 0. The van der Waals surface area contributed by atoms with Crippen LogP contribution in [0.2, 0.25) is 0 Å². The van der Waals surface area contributed by atoms with E-state index in [1.807, 2.05) is 60.7 Å². The molecule has 0 atom stereocenters. The summed E-state index contributed by atoms with van der Waals surface area (Å²) in [4.78, 5) is 15.0. The predicted octanol–water partition coefficient (Wildman–Crippen LogP) is 12.5. The third-order valence-electron chi connectivity index (χ3n) is 10.1. The van der Waals surface area contributed by atoms with Crippen LogP contribution in [0.15, 0.2) is 194 Å². The second kappa shape index (κ2) is 12.9. The van der Waals surface area contributed by atoms with Crippen LogP contribution in [-0.4, -0.2) is 19.5 Å². The lowest BCUT2D eigenvalue weighted by Crippen LogP contribution is -2.00. The van der Waals surface area contributed by atoms with Crippen molar-refractivity contribution in [3.63, 3.8) is 0 Å². The normalized spacial score (nSPS) is 11.4. The van der Waals surface area contributed by atoms with Crippen molar-refractivity contribution in [3.05, 3.63) is 194 Å². The van der Waals surface area contributed by atoms with Crippen LogP contribution in [0.5, 0.6) is 0 Å². The van der Waals surface area contributed by atoms with E-state index in [9.17, 15) is 0 Å². The molecule has 8 aromatic carbocycles. The van der Waals surface area contributed by atoms with Crippen LogP contribution >= 0.6 is 0 Å². The third kappa shape index (κ3) is 5.54. The van der Waals surface area contributed by atoms with Crippen molar-refractivity contribution in [2.45, 2.75) is 0 Å². The molecular formula is C49H32N4. The Morgan fingerprint density at radius 2 is 0.736 bits per heavy atom. The molecule has 0 unspecified atom stereocenters. The fraction of sp³-hybridized carbons (Fsp3) is 0. The molecule has 53 heavy (non-hydrogen) atoms. The fourth-order valence-electron chi connectivity index (χ4n) is 7.46. The molecular weight excluding hydrogens is 645 g/mol. The highest BCUT2D eigenvalue weighted by molar-refractivity contribution is 6.09. The van der Waals surface area contributed by atoms with Crippen molar-refractivity contribution in [1.82, 2.24) is 19.5 Å². The first-order valence-corrected chi connectivity index (χ1v) is 17.9. The lowest BCUT2D eigenvalue weighted by molar-refractivity contribution is 1.07. The summed E-state index contributed by atoms with van der Waals surface area (Å²) in [5.74, 6) is 1.94.